The van der Waals surface area contributed by atoms with Gasteiger partial charge >= 0.3 is 5.97 Å². The fourth-order valence-corrected chi connectivity index (χ4v) is 3.04. The number of hydrogen-bond donors (Lipinski definition) is 1. The van der Waals surface area contributed by atoms with Gasteiger partial charge in [0.1, 0.15) is 5.02 Å². The molecule has 24 heavy (non-hydrogen) atoms. The third-order valence-electron chi connectivity index (χ3n) is 4.07. The molecule has 0 aliphatic carbocycles. The van der Waals surface area contributed by atoms with Gasteiger partial charge < -0.3 is 14.6 Å². The second-order valence-corrected chi connectivity index (χ2v) is 5.93. The Labute approximate surface area is 143 Å². The molecule has 1 aliphatic heterocycles. The van der Waals surface area contributed by atoms with E-state index in [0.717, 1.165) is 11.1 Å². The van der Waals surface area contributed by atoms with Crippen LogP contribution in [-0.2, 0) is 16.1 Å². The zero-order chi connectivity index (χ0) is 17.3. The van der Waals surface area contributed by atoms with E-state index in [2.05, 4.69) is 4.98 Å². The number of fused-ring (bicyclic) bond motifs is 1. The van der Waals surface area contributed by atoms with E-state index >= 15 is 0 Å². The predicted molar refractivity (Wildman–Crippen MR) is 88.0 cm³/mol. The maximum atomic E-state index is 12.7. The van der Waals surface area contributed by atoms with Crippen molar-refractivity contribution in [2.75, 3.05) is 13.7 Å². The Bertz CT molecular complexity index is 862. The van der Waals surface area contributed by atoms with Gasteiger partial charge in [0.05, 0.1) is 18.6 Å². The Morgan fingerprint density at radius 2 is 2.08 bits per heavy atom. The number of carbonyl (C=O) groups is 2. The third kappa shape index (κ3) is 2.92. The summed E-state index contributed by atoms with van der Waals surface area (Å²) < 4.78 is 4.87. The number of carbonyl (C=O) groups excluding carboxylic acids is 2. The average Bonchev–Trinajstić information content (AvgIpc) is 2.61. The molecule has 2 heterocycles. The summed E-state index contributed by atoms with van der Waals surface area (Å²) in [6.07, 6.45) is 1.32. The van der Waals surface area contributed by atoms with Crippen molar-refractivity contribution in [2.24, 2.45) is 0 Å². The molecule has 1 N–H and O–H groups in total. The number of esters is 1. The highest BCUT2D eigenvalue weighted by molar-refractivity contribution is 6.30. The predicted octanol–water partition coefficient (Wildman–Crippen LogP) is 1.94. The van der Waals surface area contributed by atoms with Crippen LogP contribution in [0.1, 0.15) is 27.4 Å². The van der Waals surface area contributed by atoms with Crippen molar-refractivity contribution < 1.29 is 14.3 Å². The Balaban J connectivity index is 1.95. The molecule has 0 bridgehead atoms. The molecule has 1 aromatic carbocycles. The number of benzene rings is 1. The maximum Gasteiger partial charge on any atom is 0.314 e. The minimum atomic E-state index is -0.540. The van der Waals surface area contributed by atoms with Crippen LogP contribution in [0.5, 0.6) is 0 Å². The lowest BCUT2D eigenvalue weighted by Gasteiger charge is -2.33. The Kier molecular flexibility index (Phi) is 4.40. The molecular weight excluding hydrogens is 332 g/mol. The first-order valence-electron chi connectivity index (χ1n) is 7.34. The number of hydrogen-bond acceptors (Lipinski definition) is 4. The van der Waals surface area contributed by atoms with Gasteiger partial charge in [0.25, 0.3) is 11.5 Å². The number of aromatic nitrogens is 1. The van der Waals surface area contributed by atoms with Crippen molar-refractivity contribution in [1.82, 2.24) is 9.88 Å². The molecule has 6 nitrogen and oxygen atoms in total. The number of pyridine rings is 1. The van der Waals surface area contributed by atoms with Crippen molar-refractivity contribution in [1.29, 1.82) is 0 Å². The van der Waals surface area contributed by atoms with Crippen LogP contribution in [0.2, 0.25) is 5.02 Å². The average molecular weight is 347 g/mol. The summed E-state index contributed by atoms with van der Waals surface area (Å²) in [6, 6.07) is 8.79. The van der Waals surface area contributed by atoms with E-state index in [4.69, 9.17) is 16.3 Å². The number of nitrogens with one attached hydrogen (secondary N) is 1. The van der Waals surface area contributed by atoms with Gasteiger partial charge in [0.2, 0.25) is 0 Å². The minimum absolute atomic E-state index is 0.0530. The fraction of sp³-hybridized carbons (Fsp3) is 0.235. The molecule has 1 unspecified atom stereocenters. The summed E-state index contributed by atoms with van der Waals surface area (Å²) in [5, 5.41) is -0.0530. The van der Waals surface area contributed by atoms with Crippen LogP contribution in [0, 0.1) is 0 Å². The van der Waals surface area contributed by atoms with E-state index in [0.29, 0.717) is 6.54 Å². The molecule has 1 atom stereocenters. The molecule has 0 spiro atoms. The lowest BCUT2D eigenvalue weighted by Crippen LogP contribution is -2.41. The van der Waals surface area contributed by atoms with Crippen molar-refractivity contribution in [3.63, 3.8) is 0 Å². The Hall–Kier alpha value is -2.60. The van der Waals surface area contributed by atoms with Crippen LogP contribution in [-0.4, -0.2) is 35.4 Å². The van der Waals surface area contributed by atoms with E-state index in [1.54, 1.807) is 4.90 Å². The molecule has 0 saturated heterocycles. The van der Waals surface area contributed by atoms with Gasteiger partial charge in [0.15, 0.2) is 0 Å². The maximum absolute atomic E-state index is 12.7. The monoisotopic (exact) mass is 346 g/mol. The normalized spacial score (nSPS) is 16.4. The number of methoxy groups -OCH3 is 1. The quantitative estimate of drug-likeness (QED) is 0.843. The van der Waals surface area contributed by atoms with E-state index in [1.165, 1.54) is 19.4 Å². The minimum Gasteiger partial charge on any atom is -0.468 e. The second kappa shape index (κ2) is 6.49. The highest BCUT2D eigenvalue weighted by Crippen LogP contribution is 2.30. The first kappa shape index (κ1) is 16.3. The van der Waals surface area contributed by atoms with Crippen molar-refractivity contribution in [3.8, 4) is 0 Å². The van der Waals surface area contributed by atoms with E-state index in [1.807, 2.05) is 24.3 Å². The molecule has 1 aromatic heterocycles. The summed E-state index contributed by atoms with van der Waals surface area (Å²) in [4.78, 5) is 40.1. The van der Waals surface area contributed by atoms with Crippen LogP contribution >= 0.6 is 11.6 Å². The molecule has 2 aromatic rings. The topological polar surface area (TPSA) is 79.5 Å². The van der Waals surface area contributed by atoms with Gasteiger partial charge in [-0.1, -0.05) is 35.9 Å². The third-order valence-corrected chi connectivity index (χ3v) is 4.35. The standard InChI is InChI=1S/C17H15ClN2O4/c1-24-17(23)13-9-20(8-10-4-2-3-5-12(10)13)16(22)11-6-14(18)15(21)19-7-11/h2-7,13H,8-9H2,1H3,(H,19,21). The summed E-state index contributed by atoms with van der Waals surface area (Å²) in [6.45, 7) is 0.582. The molecule has 124 valence electrons. The van der Waals surface area contributed by atoms with Crippen LogP contribution in [0.4, 0.5) is 0 Å². The Morgan fingerprint density at radius 3 is 2.79 bits per heavy atom. The molecule has 3 rings (SSSR count). The van der Waals surface area contributed by atoms with Crippen LogP contribution in [0.3, 0.4) is 0 Å². The van der Waals surface area contributed by atoms with Crippen LogP contribution in [0.25, 0.3) is 0 Å². The summed E-state index contributed by atoms with van der Waals surface area (Å²) >= 11 is 5.79. The van der Waals surface area contributed by atoms with Crippen LogP contribution < -0.4 is 5.56 Å². The van der Waals surface area contributed by atoms with Crippen LogP contribution in [0.15, 0.2) is 41.3 Å². The summed E-state index contributed by atoms with van der Waals surface area (Å²) in [7, 11) is 1.33. The van der Waals surface area contributed by atoms with Gasteiger partial charge in [-0.3, -0.25) is 14.4 Å². The summed E-state index contributed by atoms with van der Waals surface area (Å²) in [5.74, 6) is -1.24. The molecule has 0 saturated carbocycles. The smallest absolute Gasteiger partial charge is 0.314 e. The SMILES string of the molecule is COC(=O)C1CN(C(=O)c2c[nH]c(=O)c(Cl)c2)Cc2ccccc21. The highest BCUT2D eigenvalue weighted by atomic mass is 35.5. The fourth-order valence-electron chi connectivity index (χ4n) is 2.87. The number of H-pyrrole nitrogens is 1. The first-order valence-corrected chi connectivity index (χ1v) is 7.72. The molecular formula is C17H15ClN2O4. The van der Waals surface area contributed by atoms with Gasteiger partial charge in [-0.05, 0) is 17.2 Å². The number of halogens is 1. The largest absolute Gasteiger partial charge is 0.468 e. The number of aromatic amines is 1. The lowest BCUT2D eigenvalue weighted by atomic mass is 9.89. The van der Waals surface area contributed by atoms with Gasteiger partial charge in [-0.2, -0.15) is 0 Å². The first-order chi connectivity index (χ1) is 11.5. The van der Waals surface area contributed by atoms with Crippen molar-refractivity contribution in [3.05, 3.63) is 68.6 Å². The van der Waals surface area contributed by atoms with Gasteiger partial charge in [0, 0.05) is 19.3 Å². The van der Waals surface area contributed by atoms with Gasteiger partial charge in [-0.25, -0.2) is 0 Å². The summed E-state index contributed by atoms with van der Waals surface area (Å²) in [5.41, 5.74) is 1.57. The molecule has 7 heteroatoms. The molecule has 1 amide bonds. The van der Waals surface area contributed by atoms with Crippen molar-refractivity contribution >= 4 is 23.5 Å². The van der Waals surface area contributed by atoms with E-state index < -0.39 is 11.5 Å². The number of ether oxygens (including phenoxy) is 1. The second-order valence-electron chi connectivity index (χ2n) is 5.53. The Morgan fingerprint density at radius 1 is 1.33 bits per heavy atom. The highest BCUT2D eigenvalue weighted by Gasteiger charge is 2.33. The number of amides is 1. The molecule has 0 radical (unpaired) electrons. The van der Waals surface area contributed by atoms with E-state index in [-0.39, 0.29) is 29.0 Å². The van der Waals surface area contributed by atoms with Gasteiger partial charge in [-0.15, -0.1) is 0 Å². The van der Waals surface area contributed by atoms with Crippen molar-refractivity contribution in [2.45, 2.75) is 12.5 Å². The number of rotatable bonds is 2. The lowest BCUT2D eigenvalue weighted by molar-refractivity contribution is -0.143. The molecule has 1 aliphatic rings. The number of nitrogens with zero attached hydrogens (tertiary/aromatic N) is 1. The molecule has 0 fully saturated rings. The zero-order valence-corrected chi connectivity index (χ0v) is 13.7. The van der Waals surface area contributed by atoms with E-state index in [9.17, 15) is 14.4 Å². The zero-order valence-electron chi connectivity index (χ0n) is 12.9.